The van der Waals surface area contributed by atoms with E-state index in [9.17, 15) is 4.79 Å². The fourth-order valence-corrected chi connectivity index (χ4v) is 3.94. The molecule has 1 aromatic rings. The number of nitrogens with zero attached hydrogens (tertiary/aromatic N) is 1. The Bertz CT molecular complexity index is 526. The van der Waals surface area contributed by atoms with Crippen LogP contribution in [0.4, 0.5) is 0 Å². The van der Waals surface area contributed by atoms with Crippen molar-refractivity contribution in [2.75, 3.05) is 13.1 Å². The van der Waals surface area contributed by atoms with Gasteiger partial charge in [-0.3, -0.25) is 4.79 Å². The lowest BCUT2D eigenvalue weighted by molar-refractivity contribution is 0.0563. The molecule has 2 aliphatic rings. The minimum Gasteiger partial charge on any atom is -0.334 e. The van der Waals surface area contributed by atoms with Crippen molar-refractivity contribution in [3.63, 3.8) is 0 Å². The molecular formula is C17H23BrN2O. The molecule has 21 heavy (non-hydrogen) atoms. The number of carbonyl (C=O) groups is 1. The monoisotopic (exact) mass is 350 g/mol. The molecule has 1 aromatic carbocycles. The van der Waals surface area contributed by atoms with Crippen molar-refractivity contribution < 1.29 is 4.79 Å². The molecule has 2 saturated heterocycles. The Morgan fingerprint density at radius 1 is 1.29 bits per heavy atom. The van der Waals surface area contributed by atoms with E-state index in [0.717, 1.165) is 36.0 Å². The van der Waals surface area contributed by atoms with E-state index in [1.54, 1.807) is 0 Å². The number of aryl methyl sites for hydroxylation is 1. The molecule has 2 aliphatic heterocycles. The third-order valence-corrected chi connectivity index (χ3v) is 5.65. The summed E-state index contributed by atoms with van der Waals surface area (Å²) < 4.78 is 1.01. The highest BCUT2D eigenvalue weighted by molar-refractivity contribution is 9.10. The highest BCUT2D eigenvalue weighted by Crippen LogP contribution is 2.27. The van der Waals surface area contributed by atoms with Gasteiger partial charge in [-0.05, 0) is 63.3 Å². The first-order valence-electron chi connectivity index (χ1n) is 7.97. The SMILES string of the molecule is Cc1ccc(C(=O)N2CCCCC2C2CCCN2)cc1Br. The van der Waals surface area contributed by atoms with Crippen molar-refractivity contribution in [3.8, 4) is 0 Å². The van der Waals surface area contributed by atoms with E-state index >= 15 is 0 Å². The first kappa shape index (κ1) is 15.0. The van der Waals surface area contributed by atoms with Crippen molar-refractivity contribution in [2.45, 2.75) is 51.1 Å². The number of amides is 1. The Morgan fingerprint density at radius 3 is 2.86 bits per heavy atom. The molecule has 2 unspecified atom stereocenters. The highest BCUT2D eigenvalue weighted by Gasteiger charge is 2.34. The number of halogens is 1. The summed E-state index contributed by atoms with van der Waals surface area (Å²) in [7, 11) is 0. The molecule has 4 heteroatoms. The molecule has 2 heterocycles. The van der Waals surface area contributed by atoms with E-state index in [0.29, 0.717) is 12.1 Å². The fraction of sp³-hybridized carbons (Fsp3) is 0.588. The Balaban J connectivity index is 1.81. The van der Waals surface area contributed by atoms with Crippen LogP contribution in [0.2, 0.25) is 0 Å². The van der Waals surface area contributed by atoms with E-state index in [-0.39, 0.29) is 5.91 Å². The van der Waals surface area contributed by atoms with Crippen LogP contribution in [-0.4, -0.2) is 36.0 Å². The maximum atomic E-state index is 12.9. The number of rotatable bonds is 2. The molecule has 1 N–H and O–H groups in total. The lowest BCUT2D eigenvalue weighted by Crippen LogP contribution is -2.52. The van der Waals surface area contributed by atoms with Crippen molar-refractivity contribution in [1.29, 1.82) is 0 Å². The van der Waals surface area contributed by atoms with Gasteiger partial charge in [-0.25, -0.2) is 0 Å². The largest absolute Gasteiger partial charge is 0.334 e. The van der Waals surface area contributed by atoms with Crippen LogP contribution in [0.3, 0.4) is 0 Å². The van der Waals surface area contributed by atoms with Gasteiger partial charge in [-0.15, -0.1) is 0 Å². The summed E-state index contributed by atoms with van der Waals surface area (Å²) in [6.45, 7) is 4.04. The van der Waals surface area contributed by atoms with Gasteiger partial charge in [0.1, 0.15) is 0 Å². The number of hydrogen-bond acceptors (Lipinski definition) is 2. The highest BCUT2D eigenvalue weighted by atomic mass is 79.9. The van der Waals surface area contributed by atoms with Gasteiger partial charge >= 0.3 is 0 Å². The van der Waals surface area contributed by atoms with Crippen LogP contribution in [0.5, 0.6) is 0 Å². The minimum absolute atomic E-state index is 0.189. The second-order valence-corrected chi connectivity index (χ2v) is 7.08. The zero-order valence-corrected chi connectivity index (χ0v) is 14.2. The molecule has 114 valence electrons. The average molecular weight is 351 g/mol. The van der Waals surface area contributed by atoms with Crippen LogP contribution in [-0.2, 0) is 0 Å². The summed E-state index contributed by atoms with van der Waals surface area (Å²) in [6, 6.07) is 6.79. The number of carbonyl (C=O) groups excluding carboxylic acids is 1. The molecular weight excluding hydrogens is 328 g/mol. The van der Waals surface area contributed by atoms with E-state index in [2.05, 4.69) is 26.1 Å². The van der Waals surface area contributed by atoms with E-state index < -0.39 is 0 Å². The Hall–Kier alpha value is -0.870. The third kappa shape index (κ3) is 3.16. The van der Waals surface area contributed by atoms with Gasteiger partial charge in [0.15, 0.2) is 0 Å². The molecule has 3 rings (SSSR count). The topological polar surface area (TPSA) is 32.3 Å². The van der Waals surface area contributed by atoms with Crippen LogP contribution in [0.25, 0.3) is 0 Å². The number of hydrogen-bond donors (Lipinski definition) is 1. The number of benzene rings is 1. The second kappa shape index (κ2) is 6.49. The molecule has 0 bridgehead atoms. The maximum Gasteiger partial charge on any atom is 0.254 e. The van der Waals surface area contributed by atoms with E-state index in [4.69, 9.17) is 0 Å². The summed E-state index contributed by atoms with van der Waals surface area (Å²) in [4.78, 5) is 15.0. The van der Waals surface area contributed by atoms with Gasteiger partial charge in [0.2, 0.25) is 0 Å². The lowest BCUT2D eigenvalue weighted by Gasteiger charge is -2.39. The number of nitrogens with one attached hydrogen (secondary N) is 1. The molecule has 0 spiro atoms. The predicted molar refractivity (Wildman–Crippen MR) is 88.6 cm³/mol. The van der Waals surface area contributed by atoms with E-state index in [1.807, 2.05) is 25.1 Å². The Labute approximate surface area is 135 Å². The Morgan fingerprint density at radius 2 is 2.14 bits per heavy atom. The molecule has 0 aliphatic carbocycles. The predicted octanol–water partition coefficient (Wildman–Crippen LogP) is 3.50. The molecule has 3 nitrogen and oxygen atoms in total. The quantitative estimate of drug-likeness (QED) is 0.885. The van der Waals surface area contributed by atoms with Crippen molar-refractivity contribution >= 4 is 21.8 Å². The fourth-order valence-electron chi connectivity index (χ4n) is 3.56. The van der Waals surface area contributed by atoms with Crippen LogP contribution in [0.15, 0.2) is 22.7 Å². The van der Waals surface area contributed by atoms with Crippen molar-refractivity contribution in [2.24, 2.45) is 0 Å². The second-order valence-electron chi connectivity index (χ2n) is 6.23. The first-order chi connectivity index (χ1) is 10.2. The third-order valence-electron chi connectivity index (χ3n) is 4.79. The van der Waals surface area contributed by atoms with Gasteiger partial charge in [-0.2, -0.15) is 0 Å². The van der Waals surface area contributed by atoms with Crippen LogP contribution < -0.4 is 5.32 Å². The zero-order chi connectivity index (χ0) is 14.8. The molecule has 0 aromatic heterocycles. The summed E-state index contributed by atoms with van der Waals surface area (Å²) in [5.74, 6) is 0.189. The molecule has 0 radical (unpaired) electrons. The lowest BCUT2D eigenvalue weighted by atomic mass is 9.93. The molecule has 0 saturated carbocycles. The van der Waals surface area contributed by atoms with Crippen molar-refractivity contribution in [3.05, 3.63) is 33.8 Å². The van der Waals surface area contributed by atoms with Crippen LogP contribution >= 0.6 is 15.9 Å². The maximum absolute atomic E-state index is 12.9. The van der Waals surface area contributed by atoms with Crippen LogP contribution in [0.1, 0.15) is 48.0 Å². The normalized spacial score (nSPS) is 26.1. The van der Waals surface area contributed by atoms with Gasteiger partial charge in [0, 0.05) is 28.7 Å². The van der Waals surface area contributed by atoms with Gasteiger partial charge in [-0.1, -0.05) is 22.0 Å². The molecule has 1 amide bonds. The summed E-state index contributed by atoms with van der Waals surface area (Å²) in [5, 5.41) is 3.58. The number of likely N-dealkylation sites (tertiary alicyclic amines) is 1. The zero-order valence-electron chi connectivity index (χ0n) is 12.6. The average Bonchev–Trinajstić information content (AvgIpc) is 3.03. The number of piperidine rings is 1. The van der Waals surface area contributed by atoms with Crippen molar-refractivity contribution in [1.82, 2.24) is 10.2 Å². The summed E-state index contributed by atoms with van der Waals surface area (Å²) >= 11 is 3.54. The molecule has 2 fully saturated rings. The van der Waals surface area contributed by atoms with Gasteiger partial charge < -0.3 is 10.2 Å². The standard InChI is InChI=1S/C17H23BrN2O/c1-12-7-8-13(11-14(12)18)17(21)20-10-3-2-6-16(20)15-5-4-9-19-15/h7-8,11,15-16,19H,2-6,9-10H2,1H3. The molecule has 2 atom stereocenters. The smallest absolute Gasteiger partial charge is 0.254 e. The Kier molecular flexibility index (Phi) is 4.65. The first-order valence-corrected chi connectivity index (χ1v) is 8.76. The van der Waals surface area contributed by atoms with Crippen LogP contribution in [0, 0.1) is 6.92 Å². The van der Waals surface area contributed by atoms with Gasteiger partial charge in [0.25, 0.3) is 5.91 Å². The minimum atomic E-state index is 0.189. The summed E-state index contributed by atoms with van der Waals surface area (Å²) in [5.41, 5.74) is 1.97. The van der Waals surface area contributed by atoms with E-state index in [1.165, 1.54) is 24.8 Å². The summed E-state index contributed by atoms with van der Waals surface area (Å²) in [6.07, 6.45) is 5.94. The van der Waals surface area contributed by atoms with Gasteiger partial charge in [0.05, 0.1) is 0 Å².